The van der Waals surface area contributed by atoms with E-state index in [1.807, 2.05) is 0 Å². The minimum atomic E-state index is -3.93. The summed E-state index contributed by atoms with van der Waals surface area (Å²) in [7, 11) is -2.43. The number of nitrogens with zero attached hydrogens (tertiary/aromatic N) is 1. The van der Waals surface area contributed by atoms with Crippen LogP contribution in [0.15, 0.2) is 77.7 Å². The smallest absolute Gasteiger partial charge is 0.269 e. The number of rotatable bonds is 9. The van der Waals surface area contributed by atoms with Crippen LogP contribution >= 0.6 is 0 Å². The third-order valence-electron chi connectivity index (χ3n) is 4.49. The average molecular weight is 469 g/mol. The summed E-state index contributed by atoms with van der Waals surface area (Å²) >= 11 is 0. The Labute approximate surface area is 189 Å². The number of nitrogens with one attached hydrogen (secondary N) is 2. The molecular formula is C22H19N3O7S. The van der Waals surface area contributed by atoms with Gasteiger partial charge in [0.2, 0.25) is 5.91 Å². The molecular weight excluding hydrogens is 450 g/mol. The molecule has 3 aromatic carbocycles. The predicted octanol–water partition coefficient (Wildman–Crippen LogP) is 3.62. The van der Waals surface area contributed by atoms with Crippen LogP contribution in [0.25, 0.3) is 0 Å². The standard InChI is InChI=1S/C22H19N3O7S/c1-32-19-11-7-16(8-12-19)24-33(30,31)20-4-2-3-17(13-20)23-22(27)14-21(26)15-5-9-18(10-6-15)25(28)29/h2-13,24H,14H2,1H3,(H,23,27). The minimum absolute atomic E-state index is 0.0854. The molecule has 0 saturated heterocycles. The predicted molar refractivity (Wildman–Crippen MR) is 121 cm³/mol. The van der Waals surface area contributed by atoms with E-state index in [2.05, 4.69) is 10.0 Å². The van der Waals surface area contributed by atoms with Crippen LogP contribution in [-0.2, 0) is 14.8 Å². The number of hydrogen-bond acceptors (Lipinski definition) is 7. The SMILES string of the molecule is COc1ccc(NS(=O)(=O)c2cccc(NC(=O)CC(=O)c3ccc([N+](=O)[O-])cc3)c2)cc1. The highest BCUT2D eigenvalue weighted by Gasteiger charge is 2.17. The summed E-state index contributed by atoms with van der Waals surface area (Å²) in [4.78, 5) is 34.5. The summed E-state index contributed by atoms with van der Waals surface area (Å²) in [5.41, 5.74) is 0.501. The van der Waals surface area contributed by atoms with Gasteiger partial charge in [-0.05, 0) is 54.6 Å². The van der Waals surface area contributed by atoms with Gasteiger partial charge in [0.1, 0.15) is 5.75 Å². The van der Waals surface area contributed by atoms with Crippen molar-refractivity contribution >= 4 is 38.8 Å². The second-order valence-corrected chi connectivity index (χ2v) is 8.50. The van der Waals surface area contributed by atoms with Crippen LogP contribution in [0.1, 0.15) is 16.8 Å². The van der Waals surface area contributed by atoms with Gasteiger partial charge in [0.15, 0.2) is 5.78 Å². The van der Waals surface area contributed by atoms with Crippen molar-refractivity contribution in [3.05, 3.63) is 88.5 Å². The van der Waals surface area contributed by atoms with Gasteiger partial charge in [-0.2, -0.15) is 0 Å². The summed E-state index contributed by atoms with van der Waals surface area (Å²) in [6, 6.07) is 16.8. The van der Waals surface area contributed by atoms with Crippen molar-refractivity contribution in [2.24, 2.45) is 0 Å². The Hall–Kier alpha value is -4.25. The maximum absolute atomic E-state index is 12.7. The van der Waals surface area contributed by atoms with E-state index >= 15 is 0 Å². The van der Waals surface area contributed by atoms with Gasteiger partial charge in [-0.3, -0.25) is 24.4 Å². The van der Waals surface area contributed by atoms with E-state index in [9.17, 15) is 28.1 Å². The van der Waals surface area contributed by atoms with Crippen molar-refractivity contribution in [2.75, 3.05) is 17.1 Å². The molecule has 170 valence electrons. The second-order valence-electron chi connectivity index (χ2n) is 6.81. The highest BCUT2D eigenvalue weighted by Crippen LogP contribution is 2.21. The van der Waals surface area contributed by atoms with Gasteiger partial charge in [-0.1, -0.05) is 6.07 Å². The van der Waals surface area contributed by atoms with Gasteiger partial charge in [-0.15, -0.1) is 0 Å². The van der Waals surface area contributed by atoms with Crippen molar-refractivity contribution in [1.29, 1.82) is 0 Å². The maximum Gasteiger partial charge on any atom is 0.269 e. The monoisotopic (exact) mass is 469 g/mol. The highest BCUT2D eigenvalue weighted by atomic mass is 32.2. The molecule has 0 atom stereocenters. The molecule has 33 heavy (non-hydrogen) atoms. The molecule has 0 aromatic heterocycles. The molecule has 0 heterocycles. The maximum atomic E-state index is 12.7. The molecule has 3 rings (SSSR count). The number of anilines is 2. The third kappa shape index (κ3) is 6.14. The number of non-ortho nitro benzene ring substituents is 1. The number of benzene rings is 3. The summed E-state index contributed by atoms with van der Waals surface area (Å²) in [6.45, 7) is 0. The van der Waals surface area contributed by atoms with E-state index in [1.165, 1.54) is 55.6 Å². The fourth-order valence-corrected chi connectivity index (χ4v) is 3.94. The first-order valence-corrected chi connectivity index (χ1v) is 11.0. The fraction of sp³-hybridized carbons (Fsp3) is 0.0909. The second kappa shape index (κ2) is 9.92. The van der Waals surface area contributed by atoms with Gasteiger partial charge < -0.3 is 10.1 Å². The van der Waals surface area contributed by atoms with Crippen LogP contribution in [0.3, 0.4) is 0 Å². The Morgan fingerprint density at radius 3 is 2.24 bits per heavy atom. The van der Waals surface area contributed by atoms with Crippen LogP contribution in [0, 0.1) is 10.1 Å². The first-order valence-electron chi connectivity index (χ1n) is 9.52. The van der Waals surface area contributed by atoms with E-state index in [0.717, 1.165) is 0 Å². The van der Waals surface area contributed by atoms with Crippen LogP contribution in [0.2, 0.25) is 0 Å². The van der Waals surface area contributed by atoms with E-state index in [-0.39, 0.29) is 21.8 Å². The molecule has 0 fully saturated rings. The lowest BCUT2D eigenvalue weighted by molar-refractivity contribution is -0.384. The number of carbonyl (C=O) groups excluding carboxylic acids is 2. The number of nitro benzene ring substituents is 1. The molecule has 3 aromatic rings. The summed E-state index contributed by atoms with van der Waals surface area (Å²) < 4.78 is 32.8. The Morgan fingerprint density at radius 1 is 0.970 bits per heavy atom. The topological polar surface area (TPSA) is 145 Å². The summed E-state index contributed by atoms with van der Waals surface area (Å²) in [5.74, 6) is -0.616. The van der Waals surface area contributed by atoms with E-state index in [1.54, 1.807) is 24.3 Å². The summed E-state index contributed by atoms with van der Waals surface area (Å²) in [6.07, 6.45) is -0.515. The molecule has 0 aliphatic heterocycles. The fourth-order valence-electron chi connectivity index (χ4n) is 2.84. The van der Waals surface area contributed by atoms with Gasteiger partial charge in [0.25, 0.3) is 15.7 Å². The number of methoxy groups -OCH3 is 1. The van der Waals surface area contributed by atoms with Crippen molar-refractivity contribution < 1.29 is 27.7 Å². The quantitative estimate of drug-likeness (QED) is 0.211. The number of sulfonamides is 1. The van der Waals surface area contributed by atoms with Crippen molar-refractivity contribution in [3.63, 3.8) is 0 Å². The van der Waals surface area contributed by atoms with Crippen LogP contribution < -0.4 is 14.8 Å². The zero-order valence-corrected chi connectivity index (χ0v) is 18.2. The third-order valence-corrected chi connectivity index (χ3v) is 5.87. The Kier molecular flexibility index (Phi) is 7.04. The number of Topliss-reactive ketones (excluding diaryl/α,β-unsaturated/α-hetero) is 1. The van der Waals surface area contributed by atoms with Crippen molar-refractivity contribution in [3.8, 4) is 5.75 Å². The molecule has 11 heteroatoms. The number of ether oxygens (including phenoxy) is 1. The van der Waals surface area contributed by atoms with Crippen LogP contribution in [-0.4, -0.2) is 32.1 Å². The molecule has 0 spiro atoms. The Bertz CT molecular complexity index is 1290. The lowest BCUT2D eigenvalue weighted by Crippen LogP contribution is -2.17. The van der Waals surface area contributed by atoms with Crippen LogP contribution in [0.4, 0.5) is 17.1 Å². The van der Waals surface area contributed by atoms with Crippen molar-refractivity contribution in [2.45, 2.75) is 11.3 Å². The minimum Gasteiger partial charge on any atom is -0.497 e. The lowest BCUT2D eigenvalue weighted by atomic mass is 10.1. The zero-order chi connectivity index (χ0) is 24.0. The number of hydrogen-bond donors (Lipinski definition) is 2. The number of carbonyl (C=O) groups is 2. The van der Waals surface area contributed by atoms with Gasteiger partial charge in [0.05, 0.1) is 23.3 Å². The molecule has 2 N–H and O–H groups in total. The average Bonchev–Trinajstić information content (AvgIpc) is 2.79. The molecule has 10 nitrogen and oxygen atoms in total. The van der Waals surface area contributed by atoms with Gasteiger partial charge >= 0.3 is 0 Å². The molecule has 0 saturated carbocycles. The van der Waals surface area contributed by atoms with Gasteiger partial charge in [0, 0.05) is 29.1 Å². The number of nitro groups is 1. The van der Waals surface area contributed by atoms with Crippen molar-refractivity contribution in [1.82, 2.24) is 0 Å². The van der Waals surface area contributed by atoms with E-state index in [4.69, 9.17) is 4.74 Å². The molecule has 0 aliphatic carbocycles. The summed E-state index contributed by atoms with van der Waals surface area (Å²) in [5, 5.41) is 13.2. The molecule has 0 aliphatic rings. The molecule has 0 radical (unpaired) electrons. The molecule has 0 unspecified atom stereocenters. The Balaban J connectivity index is 1.66. The van der Waals surface area contributed by atoms with Crippen LogP contribution in [0.5, 0.6) is 5.75 Å². The Morgan fingerprint density at radius 2 is 1.64 bits per heavy atom. The highest BCUT2D eigenvalue weighted by molar-refractivity contribution is 7.92. The molecule has 0 bridgehead atoms. The normalized spacial score (nSPS) is 10.8. The number of amides is 1. The number of ketones is 1. The first-order chi connectivity index (χ1) is 15.7. The van der Waals surface area contributed by atoms with E-state index < -0.39 is 33.1 Å². The largest absolute Gasteiger partial charge is 0.497 e. The van der Waals surface area contributed by atoms with Gasteiger partial charge in [-0.25, -0.2) is 8.42 Å². The molecule has 1 amide bonds. The zero-order valence-electron chi connectivity index (χ0n) is 17.3. The van der Waals surface area contributed by atoms with E-state index in [0.29, 0.717) is 11.4 Å². The first kappa shape index (κ1) is 23.4. The lowest BCUT2D eigenvalue weighted by Gasteiger charge is -2.11.